The minimum Gasteiger partial charge on any atom is -0.397 e. The molecular weight excluding hydrogens is 342 g/mol. The van der Waals surface area contributed by atoms with Crippen molar-refractivity contribution in [3.8, 4) is 0 Å². The van der Waals surface area contributed by atoms with E-state index in [9.17, 15) is 4.91 Å². The molecule has 3 N–H and O–H groups in total. The molecule has 0 saturated carbocycles. The molecule has 1 aromatic heterocycles. The zero-order valence-electron chi connectivity index (χ0n) is 13.0. The number of nitrogens with one attached hydrogen (secondary N) is 1. The van der Waals surface area contributed by atoms with Crippen molar-refractivity contribution in [2.45, 2.75) is 13.0 Å². The zero-order valence-corrected chi connectivity index (χ0v) is 14.6. The van der Waals surface area contributed by atoms with Crippen molar-refractivity contribution in [2.75, 3.05) is 11.1 Å². The molecule has 0 aliphatic rings. The Balaban J connectivity index is 1.91. The molecular formula is C18H16ClN3OS. The number of aryl methyl sites for hydroxylation is 1. The van der Waals surface area contributed by atoms with E-state index in [1.54, 1.807) is 6.07 Å². The smallest absolute Gasteiger partial charge is 0.153 e. The summed E-state index contributed by atoms with van der Waals surface area (Å²) >= 11 is 7.92. The third kappa shape index (κ3) is 3.27. The van der Waals surface area contributed by atoms with Gasteiger partial charge in [-0.1, -0.05) is 35.0 Å². The summed E-state index contributed by atoms with van der Waals surface area (Å²) in [5.41, 5.74) is 9.93. The van der Waals surface area contributed by atoms with Crippen LogP contribution < -0.4 is 11.1 Å². The topological polar surface area (TPSA) is 67.5 Å². The van der Waals surface area contributed by atoms with Crippen LogP contribution in [0.4, 0.5) is 17.1 Å². The van der Waals surface area contributed by atoms with Gasteiger partial charge in [-0.25, -0.2) is 0 Å². The standard InChI is InChI=1S/C18H16ClN3OS/c1-11-8-9-24-18(11)17(22-23)13-7-6-12(10-14(13)19)21-16-5-3-2-4-15(16)20/h2-10,17,21H,20H2,1H3. The summed E-state index contributed by atoms with van der Waals surface area (Å²) in [7, 11) is 0. The van der Waals surface area contributed by atoms with E-state index < -0.39 is 6.04 Å². The van der Waals surface area contributed by atoms with Gasteiger partial charge in [-0.3, -0.25) is 0 Å². The number of nitrogen functional groups attached to an aromatic ring is 1. The Morgan fingerprint density at radius 3 is 2.62 bits per heavy atom. The van der Waals surface area contributed by atoms with E-state index in [1.165, 1.54) is 11.3 Å². The van der Waals surface area contributed by atoms with Crippen molar-refractivity contribution in [1.82, 2.24) is 0 Å². The first kappa shape index (κ1) is 16.5. The number of anilines is 3. The fourth-order valence-corrected chi connectivity index (χ4v) is 3.76. The summed E-state index contributed by atoms with van der Waals surface area (Å²) in [5.74, 6) is 0. The third-order valence-corrected chi connectivity index (χ3v) is 5.19. The van der Waals surface area contributed by atoms with Crippen molar-refractivity contribution < 1.29 is 0 Å². The molecule has 0 aliphatic heterocycles. The van der Waals surface area contributed by atoms with Gasteiger partial charge in [0.05, 0.1) is 11.4 Å². The Morgan fingerprint density at radius 2 is 2.00 bits per heavy atom. The van der Waals surface area contributed by atoms with Gasteiger partial charge in [0.2, 0.25) is 0 Å². The summed E-state index contributed by atoms with van der Waals surface area (Å²) < 4.78 is 0. The van der Waals surface area contributed by atoms with Crippen molar-refractivity contribution in [3.63, 3.8) is 0 Å². The average molecular weight is 358 g/mol. The molecule has 3 rings (SSSR count). The van der Waals surface area contributed by atoms with E-state index in [-0.39, 0.29) is 0 Å². The predicted octanol–water partition coefficient (Wildman–Crippen LogP) is 5.89. The molecule has 4 nitrogen and oxygen atoms in total. The predicted molar refractivity (Wildman–Crippen MR) is 102 cm³/mol. The molecule has 122 valence electrons. The van der Waals surface area contributed by atoms with Crippen molar-refractivity contribution >= 4 is 40.0 Å². The number of halogens is 1. The van der Waals surface area contributed by atoms with Crippen molar-refractivity contribution in [3.05, 3.63) is 79.8 Å². The summed E-state index contributed by atoms with van der Waals surface area (Å²) in [6.07, 6.45) is 0. The van der Waals surface area contributed by atoms with E-state index in [1.807, 2.05) is 54.8 Å². The second-order valence-electron chi connectivity index (χ2n) is 5.42. The van der Waals surface area contributed by atoms with Crippen LogP contribution in [0.25, 0.3) is 0 Å². The van der Waals surface area contributed by atoms with Gasteiger partial charge in [-0.05, 0) is 48.2 Å². The third-order valence-electron chi connectivity index (χ3n) is 3.79. The molecule has 1 atom stereocenters. The first-order chi connectivity index (χ1) is 11.6. The molecule has 0 radical (unpaired) electrons. The minimum atomic E-state index is -0.589. The van der Waals surface area contributed by atoms with Gasteiger partial charge in [-0.15, -0.1) is 16.2 Å². The highest BCUT2D eigenvalue weighted by molar-refractivity contribution is 7.10. The Hall–Kier alpha value is -2.37. The van der Waals surface area contributed by atoms with E-state index in [0.29, 0.717) is 16.3 Å². The van der Waals surface area contributed by atoms with Gasteiger partial charge in [-0.2, -0.15) is 0 Å². The molecule has 0 aliphatic carbocycles. The maximum Gasteiger partial charge on any atom is 0.153 e. The summed E-state index contributed by atoms with van der Waals surface area (Å²) in [6, 6.07) is 14.4. The Morgan fingerprint density at radius 1 is 1.21 bits per heavy atom. The van der Waals surface area contributed by atoms with Gasteiger partial charge < -0.3 is 11.1 Å². The Bertz CT molecular complexity index is 878. The highest BCUT2D eigenvalue weighted by Gasteiger charge is 2.21. The molecule has 0 amide bonds. The first-order valence-electron chi connectivity index (χ1n) is 7.37. The van der Waals surface area contributed by atoms with Crippen LogP contribution in [-0.2, 0) is 0 Å². The van der Waals surface area contributed by atoms with E-state index in [2.05, 4.69) is 10.5 Å². The van der Waals surface area contributed by atoms with Crippen LogP contribution in [0.15, 0.2) is 59.1 Å². The molecule has 1 heterocycles. The van der Waals surface area contributed by atoms with Crippen molar-refractivity contribution in [2.24, 2.45) is 5.18 Å². The quantitative estimate of drug-likeness (QED) is 0.441. The second-order valence-corrected chi connectivity index (χ2v) is 6.78. The maximum absolute atomic E-state index is 11.4. The number of nitrogens with zero attached hydrogens (tertiary/aromatic N) is 1. The number of para-hydroxylation sites is 2. The number of nitrogens with two attached hydrogens (primary N) is 1. The fourth-order valence-electron chi connectivity index (χ4n) is 2.50. The lowest BCUT2D eigenvalue weighted by Gasteiger charge is -2.14. The molecule has 0 saturated heterocycles. The molecule has 0 spiro atoms. The summed E-state index contributed by atoms with van der Waals surface area (Å²) in [5, 5.41) is 8.96. The van der Waals surface area contributed by atoms with Crippen LogP contribution >= 0.6 is 22.9 Å². The van der Waals surface area contributed by atoms with Crippen LogP contribution in [-0.4, -0.2) is 0 Å². The molecule has 6 heteroatoms. The van der Waals surface area contributed by atoms with Crippen LogP contribution in [0.2, 0.25) is 5.02 Å². The van der Waals surface area contributed by atoms with Crippen LogP contribution in [0.3, 0.4) is 0 Å². The maximum atomic E-state index is 11.4. The number of hydrogen-bond donors (Lipinski definition) is 2. The normalized spacial score (nSPS) is 11.9. The fraction of sp³-hybridized carbons (Fsp3) is 0.111. The SMILES string of the molecule is Cc1ccsc1C(N=O)c1ccc(Nc2ccccc2N)cc1Cl. The number of hydrogen-bond acceptors (Lipinski definition) is 5. The van der Waals surface area contributed by atoms with E-state index >= 15 is 0 Å². The highest BCUT2D eigenvalue weighted by atomic mass is 35.5. The summed E-state index contributed by atoms with van der Waals surface area (Å²) in [6.45, 7) is 1.96. The highest BCUT2D eigenvalue weighted by Crippen LogP contribution is 2.37. The van der Waals surface area contributed by atoms with Crippen LogP contribution in [0.5, 0.6) is 0 Å². The first-order valence-corrected chi connectivity index (χ1v) is 8.63. The Kier molecular flexibility index (Phi) is 4.83. The molecule has 24 heavy (non-hydrogen) atoms. The minimum absolute atomic E-state index is 0.493. The number of thiophene rings is 1. The average Bonchev–Trinajstić information content (AvgIpc) is 2.98. The molecule has 1 unspecified atom stereocenters. The van der Waals surface area contributed by atoms with Gasteiger partial charge in [0.1, 0.15) is 0 Å². The molecule has 0 fully saturated rings. The zero-order chi connectivity index (χ0) is 17.1. The number of rotatable bonds is 5. The lowest BCUT2D eigenvalue weighted by Crippen LogP contribution is -2.00. The van der Waals surface area contributed by atoms with Gasteiger partial charge >= 0.3 is 0 Å². The van der Waals surface area contributed by atoms with Crippen LogP contribution in [0, 0.1) is 11.8 Å². The second kappa shape index (κ2) is 7.03. The lowest BCUT2D eigenvalue weighted by molar-refractivity contribution is 0.877. The van der Waals surface area contributed by atoms with Crippen molar-refractivity contribution in [1.29, 1.82) is 0 Å². The van der Waals surface area contributed by atoms with E-state index in [0.717, 1.165) is 21.8 Å². The van der Waals surface area contributed by atoms with Gasteiger partial charge in [0.25, 0.3) is 0 Å². The van der Waals surface area contributed by atoms with Gasteiger partial charge in [0.15, 0.2) is 6.04 Å². The summed E-state index contributed by atoms with van der Waals surface area (Å²) in [4.78, 5) is 12.3. The van der Waals surface area contributed by atoms with Crippen LogP contribution in [0.1, 0.15) is 22.0 Å². The molecule has 2 aromatic carbocycles. The van der Waals surface area contributed by atoms with E-state index in [4.69, 9.17) is 17.3 Å². The Labute approximate surface area is 149 Å². The monoisotopic (exact) mass is 357 g/mol. The van der Waals surface area contributed by atoms with Gasteiger partial charge in [0, 0.05) is 21.2 Å². The lowest BCUT2D eigenvalue weighted by atomic mass is 10.0. The number of benzene rings is 2. The number of nitroso groups, excluding NO2 is 1. The largest absolute Gasteiger partial charge is 0.397 e. The molecule has 0 bridgehead atoms. The molecule has 3 aromatic rings.